The standard InChI is InChI=1S/C12H19F3N2O2/c1-19-10(18)11(16)4-2-9(6-11)17-5-3-8(7-17)12(13,14)15/h8-9H,2-7,16H2,1H3. The first kappa shape index (κ1) is 14.6. The van der Waals surface area contributed by atoms with E-state index < -0.39 is 23.6 Å². The SMILES string of the molecule is COC(=O)C1(N)CCC(N2CCC(C(F)(F)F)C2)C1. The van der Waals surface area contributed by atoms with E-state index in [9.17, 15) is 18.0 Å². The number of carbonyl (C=O) groups excluding carboxylic acids is 1. The lowest BCUT2D eigenvalue weighted by Crippen LogP contribution is -2.48. The first-order chi connectivity index (χ1) is 8.76. The third-order valence-electron chi connectivity index (χ3n) is 4.31. The summed E-state index contributed by atoms with van der Waals surface area (Å²) in [6, 6.07) is -0.0450. The second-order valence-electron chi connectivity index (χ2n) is 5.57. The highest BCUT2D eigenvalue weighted by Crippen LogP contribution is 2.38. The molecule has 0 radical (unpaired) electrons. The average Bonchev–Trinajstić information content (AvgIpc) is 2.94. The molecule has 1 aliphatic heterocycles. The summed E-state index contributed by atoms with van der Waals surface area (Å²) in [5.74, 6) is -1.72. The highest BCUT2D eigenvalue weighted by Gasteiger charge is 2.49. The van der Waals surface area contributed by atoms with E-state index in [-0.39, 0.29) is 19.0 Å². The van der Waals surface area contributed by atoms with Crippen LogP contribution in [0.25, 0.3) is 0 Å². The molecule has 0 aromatic carbocycles. The molecule has 110 valence electrons. The molecule has 4 nitrogen and oxygen atoms in total. The molecule has 3 unspecified atom stereocenters. The van der Waals surface area contributed by atoms with Gasteiger partial charge in [-0.2, -0.15) is 13.2 Å². The summed E-state index contributed by atoms with van der Waals surface area (Å²) < 4.78 is 42.6. The van der Waals surface area contributed by atoms with E-state index in [1.807, 2.05) is 4.90 Å². The van der Waals surface area contributed by atoms with Gasteiger partial charge in [-0.25, -0.2) is 0 Å². The normalized spacial score (nSPS) is 36.7. The number of likely N-dealkylation sites (tertiary alicyclic amines) is 1. The van der Waals surface area contributed by atoms with Crippen molar-refractivity contribution in [3.63, 3.8) is 0 Å². The van der Waals surface area contributed by atoms with Crippen molar-refractivity contribution < 1.29 is 22.7 Å². The van der Waals surface area contributed by atoms with Crippen LogP contribution in [0.3, 0.4) is 0 Å². The summed E-state index contributed by atoms with van der Waals surface area (Å²) in [5, 5.41) is 0. The van der Waals surface area contributed by atoms with Crippen LogP contribution in [0.4, 0.5) is 13.2 Å². The molecule has 0 amide bonds. The Morgan fingerprint density at radius 3 is 2.63 bits per heavy atom. The maximum absolute atomic E-state index is 12.6. The fourth-order valence-electron chi connectivity index (χ4n) is 3.14. The molecule has 0 aromatic rings. The van der Waals surface area contributed by atoms with Crippen molar-refractivity contribution in [2.24, 2.45) is 11.7 Å². The number of ether oxygens (including phenoxy) is 1. The van der Waals surface area contributed by atoms with Gasteiger partial charge in [0.1, 0.15) is 5.54 Å². The summed E-state index contributed by atoms with van der Waals surface area (Å²) in [6.45, 7) is 0.442. The Hall–Kier alpha value is -0.820. The third-order valence-corrected chi connectivity index (χ3v) is 4.31. The van der Waals surface area contributed by atoms with Crippen molar-refractivity contribution in [3.05, 3.63) is 0 Å². The minimum atomic E-state index is -4.13. The molecule has 2 rings (SSSR count). The topological polar surface area (TPSA) is 55.6 Å². The number of methoxy groups -OCH3 is 1. The number of halogens is 3. The van der Waals surface area contributed by atoms with Gasteiger partial charge in [0.15, 0.2) is 0 Å². The molecule has 0 bridgehead atoms. The van der Waals surface area contributed by atoms with Gasteiger partial charge in [0.2, 0.25) is 0 Å². The van der Waals surface area contributed by atoms with E-state index >= 15 is 0 Å². The van der Waals surface area contributed by atoms with E-state index in [0.29, 0.717) is 25.8 Å². The van der Waals surface area contributed by atoms with E-state index in [0.717, 1.165) is 0 Å². The zero-order valence-electron chi connectivity index (χ0n) is 10.9. The van der Waals surface area contributed by atoms with Crippen molar-refractivity contribution in [2.45, 2.75) is 43.4 Å². The minimum Gasteiger partial charge on any atom is -0.468 e. The zero-order valence-corrected chi connectivity index (χ0v) is 10.9. The summed E-state index contributed by atoms with van der Waals surface area (Å²) in [5.41, 5.74) is 4.94. The molecule has 0 spiro atoms. The molecule has 3 atom stereocenters. The smallest absolute Gasteiger partial charge is 0.393 e. The number of esters is 1. The van der Waals surface area contributed by atoms with Gasteiger partial charge >= 0.3 is 12.1 Å². The number of rotatable bonds is 2. The second-order valence-corrected chi connectivity index (χ2v) is 5.57. The molecule has 7 heteroatoms. The lowest BCUT2D eigenvalue weighted by Gasteiger charge is -2.26. The van der Waals surface area contributed by atoms with Crippen LogP contribution in [0.1, 0.15) is 25.7 Å². The van der Waals surface area contributed by atoms with Gasteiger partial charge in [-0.05, 0) is 32.2 Å². The van der Waals surface area contributed by atoms with Crippen molar-refractivity contribution in [1.82, 2.24) is 4.90 Å². The number of alkyl halides is 3. The van der Waals surface area contributed by atoms with Crippen LogP contribution in [0.15, 0.2) is 0 Å². The summed E-state index contributed by atoms with van der Waals surface area (Å²) in [7, 11) is 1.28. The first-order valence-corrected chi connectivity index (χ1v) is 6.44. The van der Waals surface area contributed by atoms with Gasteiger partial charge < -0.3 is 10.5 Å². The maximum Gasteiger partial charge on any atom is 0.393 e. The Labute approximate surface area is 110 Å². The number of nitrogens with two attached hydrogens (primary N) is 1. The fourth-order valence-corrected chi connectivity index (χ4v) is 3.14. The Kier molecular flexibility index (Phi) is 3.79. The van der Waals surface area contributed by atoms with Gasteiger partial charge in [-0.1, -0.05) is 0 Å². The van der Waals surface area contributed by atoms with Gasteiger partial charge in [0.25, 0.3) is 0 Å². The highest BCUT2D eigenvalue weighted by atomic mass is 19.4. The Morgan fingerprint density at radius 2 is 2.11 bits per heavy atom. The Balaban J connectivity index is 1.94. The summed E-state index contributed by atoms with van der Waals surface area (Å²) >= 11 is 0. The van der Waals surface area contributed by atoms with E-state index in [2.05, 4.69) is 4.74 Å². The van der Waals surface area contributed by atoms with Crippen LogP contribution in [-0.2, 0) is 9.53 Å². The van der Waals surface area contributed by atoms with Crippen LogP contribution < -0.4 is 5.73 Å². The second kappa shape index (κ2) is 4.94. The molecule has 1 heterocycles. The predicted molar refractivity (Wildman–Crippen MR) is 62.3 cm³/mol. The van der Waals surface area contributed by atoms with Crippen LogP contribution in [-0.4, -0.2) is 48.8 Å². The van der Waals surface area contributed by atoms with Gasteiger partial charge in [-0.3, -0.25) is 9.69 Å². The first-order valence-electron chi connectivity index (χ1n) is 6.44. The van der Waals surface area contributed by atoms with Crippen LogP contribution in [0.2, 0.25) is 0 Å². The van der Waals surface area contributed by atoms with Crippen molar-refractivity contribution in [3.8, 4) is 0 Å². The Bertz CT molecular complexity index is 361. The molecule has 1 saturated heterocycles. The molecule has 1 saturated carbocycles. The molecule has 1 aliphatic carbocycles. The molecule has 2 N–H and O–H groups in total. The van der Waals surface area contributed by atoms with Crippen molar-refractivity contribution >= 4 is 5.97 Å². The lowest BCUT2D eigenvalue weighted by atomic mass is 9.99. The maximum atomic E-state index is 12.6. The van der Waals surface area contributed by atoms with Crippen LogP contribution in [0.5, 0.6) is 0 Å². The van der Waals surface area contributed by atoms with Crippen LogP contribution in [0, 0.1) is 5.92 Å². The van der Waals surface area contributed by atoms with E-state index in [1.54, 1.807) is 0 Å². The van der Waals surface area contributed by atoms with Crippen molar-refractivity contribution in [2.75, 3.05) is 20.2 Å². The monoisotopic (exact) mass is 280 g/mol. The molecule has 2 fully saturated rings. The van der Waals surface area contributed by atoms with Gasteiger partial charge in [0.05, 0.1) is 13.0 Å². The largest absolute Gasteiger partial charge is 0.468 e. The fraction of sp³-hybridized carbons (Fsp3) is 0.917. The van der Waals surface area contributed by atoms with Crippen LogP contribution >= 0.6 is 0 Å². The molecular weight excluding hydrogens is 261 g/mol. The van der Waals surface area contributed by atoms with E-state index in [4.69, 9.17) is 5.73 Å². The van der Waals surface area contributed by atoms with Gasteiger partial charge in [0, 0.05) is 12.6 Å². The quantitative estimate of drug-likeness (QED) is 0.775. The highest BCUT2D eigenvalue weighted by molar-refractivity contribution is 5.81. The van der Waals surface area contributed by atoms with Gasteiger partial charge in [-0.15, -0.1) is 0 Å². The zero-order chi connectivity index (χ0) is 14.3. The van der Waals surface area contributed by atoms with Crippen molar-refractivity contribution in [1.29, 1.82) is 0 Å². The molecule has 19 heavy (non-hydrogen) atoms. The molecule has 0 aromatic heterocycles. The number of hydrogen-bond acceptors (Lipinski definition) is 4. The third kappa shape index (κ3) is 2.86. The summed E-state index contributed by atoms with van der Waals surface area (Å²) in [6.07, 6.45) is -2.50. The number of nitrogens with zero attached hydrogens (tertiary/aromatic N) is 1. The lowest BCUT2D eigenvalue weighted by molar-refractivity contribution is -0.171. The summed E-state index contributed by atoms with van der Waals surface area (Å²) in [4.78, 5) is 13.4. The average molecular weight is 280 g/mol. The predicted octanol–water partition coefficient (Wildman–Crippen LogP) is 1.29. The number of carbonyl (C=O) groups is 1. The minimum absolute atomic E-state index is 0.0193. The van der Waals surface area contributed by atoms with E-state index in [1.165, 1.54) is 7.11 Å². The Morgan fingerprint density at radius 1 is 1.42 bits per heavy atom. The molecular formula is C12H19F3N2O2. The number of hydrogen-bond donors (Lipinski definition) is 1. The molecule has 2 aliphatic rings.